The lowest BCUT2D eigenvalue weighted by molar-refractivity contribution is -0.137. The second-order valence-corrected chi connectivity index (χ2v) is 6.97. The lowest BCUT2D eigenvalue weighted by Crippen LogP contribution is -2.29. The first kappa shape index (κ1) is 20.9. The molecule has 0 aliphatic carbocycles. The summed E-state index contributed by atoms with van der Waals surface area (Å²) in [6, 6.07) is 15.3. The summed E-state index contributed by atoms with van der Waals surface area (Å²) in [6.07, 6.45) is 3.06. The number of nitrogens with one attached hydrogen (secondary N) is 1. The van der Waals surface area contributed by atoms with Crippen molar-refractivity contribution in [3.8, 4) is 0 Å². The van der Waals surface area contributed by atoms with Crippen LogP contribution >= 0.6 is 15.9 Å². The number of carbonyl (C=O) groups is 2. The van der Waals surface area contributed by atoms with Crippen molar-refractivity contribution in [2.24, 2.45) is 0 Å². The highest BCUT2D eigenvalue weighted by molar-refractivity contribution is 9.10. The topological polar surface area (TPSA) is 58.6 Å². The van der Waals surface area contributed by atoms with E-state index in [1.54, 1.807) is 25.1 Å². The molecule has 0 bridgehead atoms. The van der Waals surface area contributed by atoms with Gasteiger partial charge in [-0.15, -0.1) is 0 Å². The minimum atomic E-state index is -0.372. The fourth-order valence-electron chi connectivity index (χ4n) is 2.44. The molecule has 0 unspecified atom stereocenters. The average Bonchev–Trinajstić information content (AvgIpc) is 2.63. The first-order valence-corrected chi connectivity index (χ1v) is 9.43. The van der Waals surface area contributed by atoms with Gasteiger partial charge in [-0.3, -0.25) is 9.69 Å². The monoisotopic (exact) mass is 430 g/mol. The van der Waals surface area contributed by atoms with Gasteiger partial charge >= 0.3 is 5.97 Å². The van der Waals surface area contributed by atoms with E-state index in [1.807, 2.05) is 48.3 Å². The number of anilines is 1. The Balaban J connectivity index is 1.82. The third kappa shape index (κ3) is 7.76. The number of ether oxygens (including phenoxy) is 1. The van der Waals surface area contributed by atoms with Crippen molar-refractivity contribution in [3.05, 3.63) is 70.2 Å². The largest absolute Gasteiger partial charge is 0.463 e. The second-order valence-electron chi connectivity index (χ2n) is 6.05. The van der Waals surface area contributed by atoms with Crippen molar-refractivity contribution in [2.75, 3.05) is 25.5 Å². The molecule has 0 aromatic heterocycles. The predicted molar refractivity (Wildman–Crippen MR) is 111 cm³/mol. The van der Waals surface area contributed by atoms with Crippen LogP contribution in [0.25, 0.3) is 6.08 Å². The highest BCUT2D eigenvalue weighted by atomic mass is 79.9. The van der Waals surface area contributed by atoms with E-state index in [9.17, 15) is 9.59 Å². The zero-order valence-corrected chi connectivity index (χ0v) is 17.0. The number of esters is 1. The van der Waals surface area contributed by atoms with Gasteiger partial charge in [0, 0.05) is 22.8 Å². The molecule has 142 valence electrons. The smallest absolute Gasteiger partial charge is 0.330 e. The average molecular weight is 431 g/mol. The SMILES string of the molecule is CCOC(=O)/C=C/c1ccc(NC(=O)CN(C)Cc2ccc(Br)cc2)cc1. The summed E-state index contributed by atoms with van der Waals surface area (Å²) in [4.78, 5) is 25.5. The maximum absolute atomic E-state index is 12.2. The maximum Gasteiger partial charge on any atom is 0.330 e. The van der Waals surface area contributed by atoms with Gasteiger partial charge in [-0.25, -0.2) is 4.79 Å². The van der Waals surface area contributed by atoms with Crippen LogP contribution in [0.4, 0.5) is 5.69 Å². The Morgan fingerprint density at radius 2 is 1.78 bits per heavy atom. The normalized spacial score (nSPS) is 11.0. The Labute approximate surface area is 168 Å². The van der Waals surface area contributed by atoms with Gasteiger partial charge in [0.15, 0.2) is 0 Å². The molecule has 0 atom stereocenters. The highest BCUT2D eigenvalue weighted by Gasteiger charge is 2.08. The zero-order chi connectivity index (χ0) is 19.6. The second kappa shape index (κ2) is 10.6. The summed E-state index contributed by atoms with van der Waals surface area (Å²) in [5.41, 5.74) is 2.71. The summed E-state index contributed by atoms with van der Waals surface area (Å²) < 4.78 is 5.87. The van der Waals surface area contributed by atoms with Crippen molar-refractivity contribution in [2.45, 2.75) is 13.5 Å². The standard InChI is InChI=1S/C21H23BrN2O3/c1-3-27-21(26)13-8-16-6-11-19(12-7-16)23-20(25)15-24(2)14-17-4-9-18(22)10-5-17/h4-13H,3,14-15H2,1-2H3,(H,23,25)/b13-8+. The van der Waals surface area contributed by atoms with Crippen LogP contribution in [0.3, 0.4) is 0 Å². The third-order valence-electron chi connectivity index (χ3n) is 3.67. The molecule has 0 saturated heterocycles. The summed E-state index contributed by atoms with van der Waals surface area (Å²) in [7, 11) is 1.91. The Morgan fingerprint density at radius 3 is 2.41 bits per heavy atom. The molecule has 27 heavy (non-hydrogen) atoms. The molecular weight excluding hydrogens is 408 g/mol. The Kier molecular flexibility index (Phi) is 8.23. The zero-order valence-electron chi connectivity index (χ0n) is 15.4. The first-order chi connectivity index (χ1) is 13.0. The number of carbonyl (C=O) groups excluding carboxylic acids is 2. The molecule has 0 spiro atoms. The third-order valence-corrected chi connectivity index (χ3v) is 4.20. The van der Waals surface area contributed by atoms with Crippen LogP contribution in [0.2, 0.25) is 0 Å². The number of hydrogen-bond acceptors (Lipinski definition) is 4. The number of likely N-dealkylation sites (N-methyl/N-ethyl adjacent to an activating group) is 1. The van der Waals surface area contributed by atoms with Crippen molar-refractivity contribution < 1.29 is 14.3 Å². The summed E-state index contributed by atoms with van der Waals surface area (Å²) >= 11 is 3.41. The molecule has 0 heterocycles. The van der Waals surface area contributed by atoms with E-state index in [2.05, 4.69) is 21.2 Å². The van der Waals surface area contributed by atoms with Crippen molar-refractivity contribution in [1.29, 1.82) is 0 Å². The molecule has 2 rings (SSSR count). The quantitative estimate of drug-likeness (QED) is 0.505. The van der Waals surface area contributed by atoms with Gasteiger partial charge in [0.2, 0.25) is 5.91 Å². The van der Waals surface area contributed by atoms with Gasteiger partial charge in [0.25, 0.3) is 0 Å². The van der Waals surface area contributed by atoms with Crippen LogP contribution in [0.5, 0.6) is 0 Å². The number of amides is 1. The maximum atomic E-state index is 12.2. The van der Waals surface area contributed by atoms with Gasteiger partial charge in [-0.1, -0.05) is 40.2 Å². The van der Waals surface area contributed by atoms with Gasteiger partial charge in [-0.2, -0.15) is 0 Å². The Hall–Kier alpha value is -2.44. The molecule has 6 heteroatoms. The summed E-state index contributed by atoms with van der Waals surface area (Å²) in [6.45, 7) is 3.10. The van der Waals surface area contributed by atoms with Gasteiger partial charge in [-0.05, 0) is 55.4 Å². The fourth-order valence-corrected chi connectivity index (χ4v) is 2.70. The van der Waals surface area contributed by atoms with Crippen molar-refractivity contribution in [1.82, 2.24) is 4.90 Å². The molecule has 1 amide bonds. The number of hydrogen-bond donors (Lipinski definition) is 1. The van der Waals surface area contributed by atoms with Crippen LogP contribution in [0, 0.1) is 0 Å². The molecule has 0 radical (unpaired) electrons. The minimum absolute atomic E-state index is 0.0792. The van der Waals surface area contributed by atoms with E-state index in [0.29, 0.717) is 25.4 Å². The van der Waals surface area contributed by atoms with E-state index in [4.69, 9.17) is 4.74 Å². The molecule has 0 aliphatic heterocycles. The predicted octanol–water partition coefficient (Wildman–Crippen LogP) is 4.10. The lowest BCUT2D eigenvalue weighted by atomic mass is 10.2. The Morgan fingerprint density at radius 1 is 1.11 bits per heavy atom. The number of halogens is 1. The molecule has 0 saturated carbocycles. The van der Waals surface area contributed by atoms with Gasteiger partial charge in [0.1, 0.15) is 0 Å². The number of nitrogens with zero attached hydrogens (tertiary/aromatic N) is 1. The minimum Gasteiger partial charge on any atom is -0.463 e. The van der Waals surface area contributed by atoms with Crippen molar-refractivity contribution >= 4 is 39.6 Å². The van der Waals surface area contributed by atoms with Gasteiger partial charge < -0.3 is 10.1 Å². The highest BCUT2D eigenvalue weighted by Crippen LogP contribution is 2.13. The molecule has 0 aliphatic rings. The van der Waals surface area contributed by atoms with Crippen LogP contribution in [-0.2, 0) is 20.9 Å². The number of rotatable bonds is 8. The molecule has 5 nitrogen and oxygen atoms in total. The van der Waals surface area contributed by atoms with E-state index < -0.39 is 0 Å². The summed E-state index contributed by atoms with van der Waals surface area (Å²) in [5, 5.41) is 2.88. The number of benzene rings is 2. The van der Waals surface area contributed by atoms with E-state index in [1.165, 1.54) is 6.08 Å². The van der Waals surface area contributed by atoms with Crippen LogP contribution in [0.15, 0.2) is 59.1 Å². The molecule has 2 aromatic carbocycles. The molecular formula is C21H23BrN2O3. The molecule has 1 N–H and O–H groups in total. The van der Waals surface area contributed by atoms with Crippen LogP contribution in [-0.4, -0.2) is 37.0 Å². The van der Waals surface area contributed by atoms with Crippen molar-refractivity contribution in [3.63, 3.8) is 0 Å². The van der Waals surface area contributed by atoms with E-state index in [0.717, 1.165) is 15.6 Å². The molecule has 2 aromatic rings. The molecule has 0 fully saturated rings. The van der Waals surface area contributed by atoms with Crippen LogP contribution in [0.1, 0.15) is 18.1 Å². The lowest BCUT2D eigenvalue weighted by Gasteiger charge is -2.16. The fraction of sp³-hybridized carbons (Fsp3) is 0.238. The van der Waals surface area contributed by atoms with Crippen LogP contribution < -0.4 is 5.32 Å². The Bertz CT molecular complexity index is 786. The van der Waals surface area contributed by atoms with E-state index >= 15 is 0 Å². The summed E-state index contributed by atoms with van der Waals surface area (Å²) in [5.74, 6) is -0.451. The van der Waals surface area contributed by atoms with E-state index in [-0.39, 0.29) is 11.9 Å². The first-order valence-electron chi connectivity index (χ1n) is 8.64. The van der Waals surface area contributed by atoms with Gasteiger partial charge in [0.05, 0.1) is 13.2 Å².